The average molecular weight is 300 g/mol. The second-order valence-electron chi connectivity index (χ2n) is 5.20. The summed E-state index contributed by atoms with van der Waals surface area (Å²) in [6.45, 7) is 0.410. The summed E-state index contributed by atoms with van der Waals surface area (Å²) in [5, 5.41) is 23.0. The Balaban J connectivity index is 2.05. The predicted molar refractivity (Wildman–Crippen MR) is 77.2 cm³/mol. The van der Waals surface area contributed by atoms with Gasteiger partial charge in [0.25, 0.3) is 0 Å². The molecule has 0 saturated heterocycles. The number of phenols is 1. The second-order valence-corrected chi connectivity index (χ2v) is 6.95. The molecule has 0 amide bonds. The van der Waals surface area contributed by atoms with E-state index in [1.165, 1.54) is 18.6 Å². The molecule has 6 nitrogen and oxygen atoms in total. The molecule has 0 aliphatic heterocycles. The summed E-state index contributed by atoms with van der Waals surface area (Å²) >= 11 is 0. The van der Waals surface area contributed by atoms with Crippen LogP contribution in [-0.2, 0) is 10.0 Å². The largest absolute Gasteiger partial charge is 0.506 e. The molecule has 1 aliphatic rings. The van der Waals surface area contributed by atoms with E-state index in [4.69, 9.17) is 0 Å². The van der Waals surface area contributed by atoms with E-state index in [0.717, 1.165) is 19.1 Å². The van der Waals surface area contributed by atoms with Crippen LogP contribution in [0.1, 0.15) is 30.9 Å². The normalized spacial score (nSPS) is 17.5. The fraction of sp³-hybridized carbons (Fsp3) is 0.538. The minimum atomic E-state index is -3.47. The summed E-state index contributed by atoms with van der Waals surface area (Å²) in [6, 6.07) is 4.87. The number of anilines is 1. The lowest BCUT2D eigenvalue weighted by atomic mass is 9.93. The molecular weight excluding hydrogens is 280 g/mol. The van der Waals surface area contributed by atoms with Crippen LogP contribution >= 0.6 is 0 Å². The Morgan fingerprint density at radius 1 is 1.40 bits per heavy atom. The molecule has 1 aromatic rings. The summed E-state index contributed by atoms with van der Waals surface area (Å²) in [5.41, 5.74) is 0.633. The Bertz CT molecular complexity index is 570. The molecule has 112 valence electrons. The number of rotatable bonds is 6. The van der Waals surface area contributed by atoms with Crippen LogP contribution in [0.5, 0.6) is 5.75 Å². The van der Waals surface area contributed by atoms with Gasteiger partial charge in [0.15, 0.2) is 0 Å². The van der Waals surface area contributed by atoms with Crippen LogP contribution in [0.25, 0.3) is 0 Å². The van der Waals surface area contributed by atoms with E-state index in [1.54, 1.807) is 6.07 Å². The Hall–Kier alpha value is -1.31. The lowest BCUT2D eigenvalue weighted by molar-refractivity contribution is 0.161. The van der Waals surface area contributed by atoms with Crippen molar-refractivity contribution in [1.29, 1.82) is 0 Å². The predicted octanol–water partition coefficient (Wildman–Crippen LogP) is 0.939. The minimum absolute atomic E-state index is 0.0766. The SMILES string of the molecule is CS(=O)(=O)Nc1cc(C(O)CNC2CCC2)ccc1O. The first-order valence-electron chi connectivity index (χ1n) is 6.57. The molecule has 1 atom stereocenters. The molecule has 20 heavy (non-hydrogen) atoms. The maximum absolute atomic E-state index is 11.2. The van der Waals surface area contributed by atoms with Crippen LogP contribution in [0.15, 0.2) is 18.2 Å². The molecule has 7 heteroatoms. The quantitative estimate of drug-likeness (QED) is 0.586. The Kier molecular flexibility index (Phi) is 4.52. The number of aliphatic hydroxyl groups excluding tert-OH is 1. The number of aromatic hydroxyl groups is 1. The lowest BCUT2D eigenvalue weighted by Gasteiger charge is -2.27. The van der Waals surface area contributed by atoms with Gasteiger partial charge in [0.05, 0.1) is 18.0 Å². The molecule has 1 saturated carbocycles. The molecule has 1 unspecified atom stereocenters. The van der Waals surface area contributed by atoms with Gasteiger partial charge in [-0.2, -0.15) is 0 Å². The molecule has 1 aliphatic carbocycles. The first kappa shape index (κ1) is 15.1. The Labute approximate surface area is 118 Å². The van der Waals surface area contributed by atoms with E-state index in [9.17, 15) is 18.6 Å². The van der Waals surface area contributed by atoms with Gasteiger partial charge in [0.2, 0.25) is 10.0 Å². The van der Waals surface area contributed by atoms with Crippen molar-refractivity contribution >= 4 is 15.7 Å². The molecule has 4 N–H and O–H groups in total. The highest BCUT2D eigenvalue weighted by atomic mass is 32.2. The molecule has 1 aromatic carbocycles. The number of hydrogen-bond donors (Lipinski definition) is 4. The first-order valence-corrected chi connectivity index (χ1v) is 8.46. The van der Waals surface area contributed by atoms with Gasteiger partial charge in [-0.3, -0.25) is 4.72 Å². The zero-order valence-electron chi connectivity index (χ0n) is 11.3. The van der Waals surface area contributed by atoms with Crippen LogP contribution in [0.2, 0.25) is 0 Å². The summed E-state index contributed by atoms with van der Waals surface area (Å²) < 4.78 is 24.6. The van der Waals surface area contributed by atoms with Crippen molar-refractivity contribution in [3.8, 4) is 5.75 Å². The van der Waals surface area contributed by atoms with Crippen molar-refractivity contribution in [2.75, 3.05) is 17.5 Å². The third kappa shape index (κ3) is 4.09. The van der Waals surface area contributed by atoms with Crippen molar-refractivity contribution in [3.05, 3.63) is 23.8 Å². The zero-order valence-corrected chi connectivity index (χ0v) is 12.2. The first-order chi connectivity index (χ1) is 9.35. The topological polar surface area (TPSA) is 98.7 Å². The molecule has 2 rings (SSSR count). The van der Waals surface area contributed by atoms with Gasteiger partial charge >= 0.3 is 0 Å². The van der Waals surface area contributed by atoms with Crippen molar-refractivity contribution in [2.45, 2.75) is 31.4 Å². The molecule has 0 heterocycles. The fourth-order valence-corrected chi connectivity index (χ4v) is 2.61. The van der Waals surface area contributed by atoms with E-state index in [-0.39, 0.29) is 11.4 Å². The average Bonchev–Trinajstić information content (AvgIpc) is 2.28. The number of nitrogens with one attached hydrogen (secondary N) is 2. The van der Waals surface area contributed by atoms with Gasteiger partial charge in [-0.25, -0.2) is 8.42 Å². The maximum Gasteiger partial charge on any atom is 0.229 e. The molecule has 1 fully saturated rings. The van der Waals surface area contributed by atoms with Crippen LogP contribution in [0.3, 0.4) is 0 Å². The van der Waals surface area contributed by atoms with Crippen molar-refractivity contribution in [1.82, 2.24) is 5.32 Å². The monoisotopic (exact) mass is 300 g/mol. The standard InChI is InChI=1S/C13H20N2O4S/c1-20(18,19)15-11-7-9(5-6-12(11)16)13(17)8-14-10-3-2-4-10/h5-7,10,13-17H,2-4,8H2,1H3. The Morgan fingerprint density at radius 3 is 2.65 bits per heavy atom. The number of hydrogen-bond acceptors (Lipinski definition) is 5. The third-order valence-corrected chi connectivity index (χ3v) is 4.00. The molecular formula is C13H20N2O4S. The van der Waals surface area contributed by atoms with E-state index < -0.39 is 16.1 Å². The van der Waals surface area contributed by atoms with Crippen molar-refractivity contribution < 1.29 is 18.6 Å². The van der Waals surface area contributed by atoms with Crippen LogP contribution in [0.4, 0.5) is 5.69 Å². The highest BCUT2D eigenvalue weighted by Gasteiger charge is 2.19. The summed E-state index contributed by atoms with van der Waals surface area (Å²) in [7, 11) is -3.47. The number of sulfonamides is 1. The van der Waals surface area contributed by atoms with E-state index in [1.807, 2.05) is 0 Å². The maximum atomic E-state index is 11.2. The lowest BCUT2D eigenvalue weighted by Crippen LogP contribution is -2.37. The van der Waals surface area contributed by atoms with Gasteiger partial charge in [-0.15, -0.1) is 0 Å². The second kappa shape index (κ2) is 5.99. The van der Waals surface area contributed by atoms with Gasteiger partial charge in [0.1, 0.15) is 5.75 Å². The number of phenolic OH excluding ortho intramolecular Hbond substituents is 1. The van der Waals surface area contributed by atoms with Gasteiger partial charge < -0.3 is 15.5 Å². The minimum Gasteiger partial charge on any atom is -0.506 e. The van der Waals surface area contributed by atoms with Crippen LogP contribution in [0, 0.1) is 0 Å². The van der Waals surface area contributed by atoms with E-state index >= 15 is 0 Å². The number of aliphatic hydroxyl groups is 1. The highest BCUT2D eigenvalue weighted by molar-refractivity contribution is 7.92. The van der Waals surface area contributed by atoms with Crippen LogP contribution in [-0.4, -0.2) is 37.5 Å². The third-order valence-electron chi connectivity index (χ3n) is 3.41. The van der Waals surface area contributed by atoms with E-state index in [2.05, 4.69) is 10.0 Å². The summed E-state index contributed by atoms with van der Waals surface area (Å²) in [6.07, 6.45) is 3.74. The Morgan fingerprint density at radius 2 is 2.10 bits per heavy atom. The molecule has 0 bridgehead atoms. The van der Waals surface area contributed by atoms with Gasteiger partial charge in [-0.1, -0.05) is 12.5 Å². The smallest absolute Gasteiger partial charge is 0.229 e. The molecule has 0 aromatic heterocycles. The summed E-state index contributed by atoms with van der Waals surface area (Å²) in [5.74, 6) is -0.168. The zero-order chi connectivity index (χ0) is 14.8. The fourth-order valence-electron chi connectivity index (χ4n) is 2.05. The van der Waals surface area contributed by atoms with Gasteiger partial charge in [-0.05, 0) is 30.5 Å². The summed E-state index contributed by atoms with van der Waals surface area (Å²) in [4.78, 5) is 0. The van der Waals surface area contributed by atoms with Crippen molar-refractivity contribution in [2.24, 2.45) is 0 Å². The van der Waals surface area contributed by atoms with Gasteiger partial charge in [0, 0.05) is 12.6 Å². The molecule has 0 radical (unpaired) electrons. The number of benzene rings is 1. The van der Waals surface area contributed by atoms with Crippen LogP contribution < -0.4 is 10.0 Å². The highest BCUT2D eigenvalue weighted by Crippen LogP contribution is 2.28. The molecule has 0 spiro atoms. The van der Waals surface area contributed by atoms with E-state index in [0.29, 0.717) is 18.2 Å². The van der Waals surface area contributed by atoms with Crippen molar-refractivity contribution in [3.63, 3.8) is 0 Å².